The highest BCUT2D eigenvalue weighted by Crippen LogP contribution is 2.62. The molecule has 254 valence electrons. The van der Waals surface area contributed by atoms with E-state index in [1.165, 1.54) is 50.1 Å². The van der Waals surface area contributed by atoms with Gasteiger partial charge in [0.15, 0.2) is 5.82 Å². The molecule has 8 aromatic rings. The summed E-state index contributed by atoms with van der Waals surface area (Å²) in [5.41, 5.74) is 17.7. The number of nitriles is 1. The Balaban J connectivity index is 1.11. The van der Waals surface area contributed by atoms with Crippen LogP contribution in [0.3, 0.4) is 0 Å². The van der Waals surface area contributed by atoms with Crippen LogP contribution in [0.15, 0.2) is 176 Å². The lowest BCUT2D eigenvalue weighted by Gasteiger charge is -2.46. The Labute approximate surface area is 315 Å². The molecule has 2 aliphatic rings. The van der Waals surface area contributed by atoms with Crippen LogP contribution in [0.2, 0.25) is 0 Å². The van der Waals surface area contributed by atoms with E-state index in [9.17, 15) is 5.26 Å². The van der Waals surface area contributed by atoms with Crippen molar-refractivity contribution in [3.63, 3.8) is 0 Å². The van der Waals surface area contributed by atoms with Crippen LogP contribution in [0.25, 0.3) is 56.2 Å². The lowest BCUT2D eigenvalue weighted by atomic mass is 9.55. The van der Waals surface area contributed by atoms with Crippen molar-refractivity contribution in [2.75, 3.05) is 0 Å². The molecule has 0 aliphatic heterocycles. The molecule has 54 heavy (non-hydrogen) atoms. The number of hydrogen-bond donors (Lipinski definition) is 0. The van der Waals surface area contributed by atoms with E-state index in [4.69, 9.17) is 9.97 Å². The first kappa shape index (κ1) is 31.8. The molecule has 0 saturated carbocycles. The van der Waals surface area contributed by atoms with Crippen LogP contribution < -0.4 is 0 Å². The van der Waals surface area contributed by atoms with Gasteiger partial charge in [0.05, 0.1) is 28.4 Å². The minimum atomic E-state index is -0.429. The zero-order valence-corrected chi connectivity index (χ0v) is 30.1. The average Bonchev–Trinajstić information content (AvgIpc) is 3.53. The summed E-state index contributed by atoms with van der Waals surface area (Å²) in [5.74, 6) is 0.663. The van der Waals surface area contributed by atoms with Crippen LogP contribution in [-0.2, 0) is 10.8 Å². The van der Waals surface area contributed by atoms with Gasteiger partial charge in [-0.1, -0.05) is 166 Å². The number of hydrogen-bond acceptors (Lipinski definition) is 3. The maximum Gasteiger partial charge on any atom is 0.160 e. The molecule has 0 fully saturated rings. The van der Waals surface area contributed by atoms with Crippen LogP contribution in [0.4, 0.5) is 0 Å². The number of rotatable bonds is 4. The van der Waals surface area contributed by atoms with Crippen molar-refractivity contribution >= 4 is 0 Å². The largest absolute Gasteiger partial charge is 0.228 e. The van der Waals surface area contributed by atoms with Gasteiger partial charge in [-0.15, -0.1) is 0 Å². The molecule has 0 unspecified atom stereocenters. The van der Waals surface area contributed by atoms with Gasteiger partial charge in [-0.2, -0.15) is 5.26 Å². The van der Waals surface area contributed by atoms with Gasteiger partial charge in [0.1, 0.15) is 0 Å². The minimum absolute atomic E-state index is 0.134. The maximum atomic E-state index is 9.36. The topological polar surface area (TPSA) is 49.6 Å². The molecular formula is C51H35N3. The molecule has 0 N–H and O–H groups in total. The molecular weight excluding hydrogens is 655 g/mol. The summed E-state index contributed by atoms with van der Waals surface area (Å²) < 4.78 is 0. The SMILES string of the molecule is CC1(C)c2ccccc2C2(c3ccccc3-c3ccc(-c4ccc(-c5cc(-c6ccc(C#N)cc6)nc(-c6ccccc6)n5)cc4)cc32)c2ccccc21. The fraction of sp³-hybridized carbons (Fsp3) is 0.0784. The van der Waals surface area contributed by atoms with E-state index >= 15 is 0 Å². The van der Waals surface area contributed by atoms with Gasteiger partial charge in [-0.05, 0) is 79.9 Å². The smallest absolute Gasteiger partial charge is 0.160 e. The highest BCUT2D eigenvalue weighted by molar-refractivity contribution is 5.90. The first-order valence-electron chi connectivity index (χ1n) is 18.5. The quantitative estimate of drug-likeness (QED) is 0.185. The molecule has 3 nitrogen and oxygen atoms in total. The molecule has 10 rings (SSSR count). The molecule has 0 radical (unpaired) electrons. The molecule has 1 heterocycles. The standard InChI is InChI=1S/C51H35N3/c1-50(2)42-16-8-10-18-44(42)51(45-19-11-9-17-43(45)50)41-15-7-6-14-39(41)40-29-28-38(30-46(40)51)34-24-26-36(27-25-34)48-31-47(35-22-20-33(32-52)21-23-35)53-49(54-48)37-12-4-3-5-13-37/h3-31H,1-2H3. The second-order valence-corrected chi connectivity index (χ2v) is 14.9. The lowest BCUT2D eigenvalue weighted by molar-refractivity contribution is 0.563. The number of nitrogens with zero attached hydrogens (tertiary/aromatic N) is 3. The van der Waals surface area contributed by atoms with Crippen molar-refractivity contribution in [1.82, 2.24) is 9.97 Å². The van der Waals surface area contributed by atoms with Gasteiger partial charge < -0.3 is 0 Å². The van der Waals surface area contributed by atoms with Crippen LogP contribution in [0.5, 0.6) is 0 Å². The summed E-state index contributed by atoms with van der Waals surface area (Å²) in [4.78, 5) is 10.0. The van der Waals surface area contributed by atoms with Gasteiger partial charge in [0.25, 0.3) is 0 Å². The predicted molar refractivity (Wildman–Crippen MR) is 218 cm³/mol. The molecule has 0 amide bonds. The van der Waals surface area contributed by atoms with Gasteiger partial charge >= 0.3 is 0 Å². The molecule has 2 aliphatic carbocycles. The molecule has 3 heteroatoms. The monoisotopic (exact) mass is 689 g/mol. The molecule has 0 atom stereocenters. The highest BCUT2D eigenvalue weighted by Gasteiger charge is 2.53. The summed E-state index contributed by atoms with van der Waals surface area (Å²) in [6, 6.07) is 64.9. The molecule has 7 aromatic carbocycles. The Morgan fingerprint density at radius 2 is 0.889 bits per heavy atom. The van der Waals surface area contributed by atoms with E-state index in [2.05, 4.69) is 135 Å². The van der Waals surface area contributed by atoms with E-state index in [0.717, 1.165) is 33.6 Å². The minimum Gasteiger partial charge on any atom is -0.228 e. The second kappa shape index (κ2) is 12.1. The lowest BCUT2D eigenvalue weighted by Crippen LogP contribution is -2.40. The first-order chi connectivity index (χ1) is 26.5. The zero-order chi connectivity index (χ0) is 36.4. The van der Waals surface area contributed by atoms with Crippen molar-refractivity contribution in [3.05, 3.63) is 215 Å². The Hall–Kier alpha value is -6.89. The summed E-state index contributed by atoms with van der Waals surface area (Å²) in [7, 11) is 0. The van der Waals surface area contributed by atoms with Gasteiger partial charge in [-0.3, -0.25) is 0 Å². The average molecular weight is 690 g/mol. The van der Waals surface area contributed by atoms with Crippen LogP contribution >= 0.6 is 0 Å². The summed E-state index contributed by atoms with van der Waals surface area (Å²) in [5, 5.41) is 9.36. The molecule has 1 spiro atoms. The third kappa shape index (κ3) is 4.67. The number of fused-ring (bicyclic) bond motifs is 9. The molecule has 0 saturated heterocycles. The van der Waals surface area contributed by atoms with E-state index < -0.39 is 5.41 Å². The summed E-state index contributed by atoms with van der Waals surface area (Å²) in [6.45, 7) is 4.73. The van der Waals surface area contributed by atoms with Crippen molar-refractivity contribution in [1.29, 1.82) is 5.26 Å². The summed E-state index contributed by atoms with van der Waals surface area (Å²) in [6.07, 6.45) is 0. The van der Waals surface area contributed by atoms with Crippen LogP contribution in [0.1, 0.15) is 52.8 Å². The van der Waals surface area contributed by atoms with Crippen molar-refractivity contribution in [3.8, 4) is 62.2 Å². The zero-order valence-electron chi connectivity index (χ0n) is 30.1. The Morgan fingerprint density at radius 3 is 1.50 bits per heavy atom. The van der Waals surface area contributed by atoms with E-state index in [1.807, 2.05) is 60.7 Å². The van der Waals surface area contributed by atoms with Gasteiger partial charge in [0, 0.05) is 22.1 Å². The maximum absolute atomic E-state index is 9.36. The molecule has 1 aromatic heterocycles. The van der Waals surface area contributed by atoms with Crippen molar-refractivity contribution in [2.24, 2.45) is 0 Å². The third-order valence-corrected chi connectivity index (χ3v) is 11.6. The predicted octanol–water partition coefficient (Wildman–Crippen LogP) is 12.0. The third-order valence-electron chi connectivity index (χ3n) is 11.6. The second-order valence-electron chi connectivity index (χ2n) is 14.9. The fourth-order valence-corrected chi connectivity index (χ4v) is 9.05. The Kier molecular flexibility index (Phi) is 7.12. The van der Waals surface area contributed by atoms with E-state index in [0.29, 0.717) is 11.4 Å². The summed E-state index contributed by atoms with van der Waals surface area (Å²) >= 11 is 0. The van der Waals surface area contributed by atoms with Crippen LogP contribution in [0, 0.1) is 11.3 Å². The highest BCUT2D eigenvalue weighted by atomic mass is 14.9. The normalized spacial score (nSPS) is 14.0. The van der Waals surface area contributed by atoms with E-state index in [-0.39, 0.29) is 5.41 Å². The Morgan fingerprint density at radius 1 is 0.407 bits per heavy atom. The van der Waals surface area contributed by atoms with Gasteiger partial charge in [-0.25, -0.2) is 9.97 Å². The van der Waals surface area contributed by atoms with Crippen molar-refractivity contribution in [2.45, 2.75) is 24.7 Å². The van der Waals surface area contributed by atoms with Crippen molar-refractivity contribution < 1.29 is 0 Å². The molecule has 0 bridgehead atoms. The first-order valence-corrected chi connectivity index (χ1v) is 18.5. The van der Waals surface area contributed by atoms with Crippen LogP contribution in [-0.4, -0.2) is 9.97 Å². The Bertz CT molecular complexity index is 2740. The van der Waals surface area contributed by atoms with Gasteiger partial charge in [0.2, 0.25) is 0 Å². The number of benzene rings is 7. The fourth-order valence-electron chi connectivity index (χ4n) is 9.05. The number of aromatic nitrogens is 2. The van der Waals surface area contributed by atoms with E-state index in [1.54, 1.807) is 0 Å².